The highest BCUT2D eigenvalue weighted by Crippen LogP contribution is 2.49. The van der Waals surface area contributed by atoms with E-state index in [1.54, 1.807) is 13.2 Å². The van der Waals surface area contributed by atoms with Gasteiger partial charge >= 0.3 is 0 Å². The van der Waals surface area contributed by atoms with E-state index < -0.39 is 16.4 Å². The summed E-state index contributed by atoms with van der Waals surface area (Å²) < 4.78 is 10.7. The third-order valence-corrected chi connectivity index (χ3v) is 6.59. The second-order valence-electron chi connectivity index (χ2n) is 8.46. The quantitative estimate of drug-likeness (QED) is 0.321. The zero-order valence-corrected chi connectivity index (χ0v) is 18.9. The third kappa shape index (κ3) is 3.61. The zero-order valence-electron chi connectivity index (χ0n) is 18.9. The number of aromatic hydroxyl groups is 1. The van der Waals surface area contributed by atoms with Crippen molar-refractivity contribution < 1.29 is 24.3 Å². The van der Waals surface area contributed by atoms with Gasteiger partial charge < -0.3 is 19.9 Å². The van der Waals surface area contributed by atoms with Crippen LogP contribution in [-0.4, -0.2) is 40.2 Å². The SMILES string of the molecule is COc1ccc(C2CC(=O)C3=C(C2)Nc2[nH][nH]c(=O)c2C3c2cc([N+](=O)[O-])ccc2O)cc1OC. The number of carbonyl (C=O) groups is 1. The standard InChI is InChI=1S/C24H22N4O7/c1-34-18-6-3-11(9-19(18)35-2)12-7-15-21(17(30)8-12)20(22-23(25-15)26-27-24(22)31)14-10-13(28(32)33)4-5-16(14)29/h3-6,9-10,12,20,29H,7-8H2,1-2H3,(H3,25,26,27,31). The highest BCUT2D eigenvalue weighted by molar-refractivity contribution is 6.01. The molecule has 0 amide bonds. The second-order valence-corrected chi connectivity index (χ2v) is 8.46. The second kappa shape index (κ2) is 8.35. The maximum atomic E-state index is 13.6. The van der Waals surface area contributed by atoms with Crippen molar-refractivity contribution in [2.24, 2.45) is 0 Å². The Kier molecular flexibility index (Phi) is 5.31. The maximum absolute atomic E-state index is 13.6. The molecule has 0 saturated carbocycles. The molecule has 4 N–H and O–H groups in total. The lowest BCUT2D eigenvalue weighted by molar-refractivity contribution is -0.384. The minimum atomic E-state index is -0.963. The van der Waals surface area contributed by atoms with Crippen LogP contribution in [0.3, 0.4) is 0 Å². The Bertz CT molecular complexity index is 1450. The van der Waals surface area contributed by atoms with Gasteiger partial charge in [-0.3, -0.25) is 29.9 Å². The van der Waals surface area contributed by atoms with Crippen LogP contribution in [-0.2, 0) is 4.79 Å². The fourth-order valence-corrected chi connectivity index (χ4v) is 4.96. The van der Waals surface area contributed by atoms with Crippen LogP contribution in [0.5, 0.6) is 17.2 Å². The molecule has 11 heteroatoms. The molecular weight excluding hydrogens is 456 g/mol. The lowest BCUT2D eigenvalue weighted by atomic mass is 9.72. The van der Waals surface area contributed by atoms with Gasteiger partial charge in [-0.25, -0.2) is 0 Å². The summed E-state index contributed by atoms with van der Waals surface area (Å²) in [5.41, 5.74) is 1.36. The van der Waals surface area contributed by atoms with E-state index in [-0.39, 0.29) is 40.7 Å². The number of phenols is 1. The number of methoxy groups -OCH3 is 2. The molecule has 11 nitrogen and oxygen atoms in total. The first-order valence-corrected chi connectivity index (χ1v) is 10.8. The first kappa shape index (κ1) is 22.3. The number of aromatic nitrogens is 2. The number of H-pyrrole nitrogens is 2. The number of Topliss-reactive ketones (excluding diaryl/α,β-unsaturated/α-hetero) is 1. The van der Waals surface area contributed by atoms with Gasteiger partial charge in [-0.1, -0.05) is 6.07 Å². The molecule has 1 aromatic heterocycles. The number of nitrogens with zero attached hydrogens (tertiary/aromatic N) is 1. The number of nitro benzene ring substituents is 1. The van der Waals surface area contributed by atoms with Gasteiger partial charge in [0.05, 0.1) is 30.6 Å². The Morgan fingerprint density at radius 3 is 2.51 bits per heavy atom. The Morgan fingerprint density at radius 2 is 1.80 bits per heavy atom. The molecule has 2 unspecified atom stereocenters. The van der Waals surface area contributed by atoms with Crippen LogP contribution in [0.4, 0.5) is 11.5 Å². The maximum Gasteiger partial charge on any atom is 0.270 e. The Balaban J connectivity index is 1.63. The van der Waals surface area contributed by atoms with Gasteiger partial charge in [0.1, 0.15) is 11.6 Å². The highest BCUT2D eigenvalue weighted by Gasteiger charge is 2.42. The minimum absolute atomic E-state index is 0.123. The van der Waals surface area contributed by atoms with Crippen LogP contribution in [0.25, 0.3) is 0 Å². The van der Waals surface area contributed by atoms with Crippen molar-refractivity contribution in [2.75, 3.05) is 19.5 Å². The summed E-state index contributed by atoms with van der Waals surface area (Å²) in [4.78, 5) is 37.0. The van der Waals surface area contributed by atoms with Crippen molar-refractivity contribution in [3.8, 4) is 17.2 Å². The molecule has 180 valence electrons. The summed E-state index contributed by atoms with van der Waals surface area (Å²) in [5.74, 6) is -0.132. The van der Waals surface area contributed by atoms with Gasteiger partial charge in [-0.05, 0) is 36.1 Å². The molecule has 0 spiro atoms. The van der Waals surface area contributed by atoms with E-state index in [2.05, 4.69) is 15.5 Å². The Labute approximate surface area is 198 Å². The average Bonchev–Trinajstić information content (AvgIpc) is 3.22. The van der Waals surface area contributed by atoms with Crippen molar-refractivity contribution in [1.82, 2.24) is 10.2 Å². The molecule has 0 radical (unpaired) electrons. The molecule has 1 aliphatic heterocycles. The minimum Gasteiger partial charge on any atom is -0.508 e. The molecule has 35 heavy (non-hydrogen) atoms. The topological polar surface area (TPSA) is 160 Å². The van der Waals surface area contributed by atoms with E-state index >= 15 is 0 Å². The van der Waals surface area contributed by atoms with Crippen LogP contribution in [0.15, 0.2) is 52.5 Å². The predicted octanol–water partition coefficient (Wildman–Crippen LogP) is 3.29. The van der Waals surface area contributed by atoms with Crippen molar-refractivity contribution in [2.45, 2.75) is 24.7 Å². The summed E-state index contributed by atoms with van der Waals surface area (Å²) in [6.07, 6.45) is 0.593. The number of phenolic OH excluding ortho intramolecular Hbond substituents is 1. The number of nitro groups is 1. The number of nitrogens with one attached hydrogen (secondary N) is 3. The molecule has 0 fully saturated rings. The first-order valence-electron chi connectivity index (χ1n) is 10.8. The number of carbonyl (C=O) groups excluding carboxylic acids is 1. The molecule has 0 saturated heterocycles. The van der Waals surface area contributed by atoms with Crippen molar-refractivity contribution in [3.63, 3.8) is 0 Å². The molecule has 2 aromatic carbocycles. The van der Waals surface area contributed by atoms with E-state index in [0.717, 1.165) is 5.56 Å². The number of anilines is 1. The van der Waals surface area contributed by atoms with Gasteiger partial charge in [-0.2, -0.15) is 0 Å². The third-order valence-electron chi connectivity index (χ3n) is 6.59. The molecule has 2 heterocycles. The Hall–Kier alpha value is -4.54. The molecule has 3 aromatic rings. The average molecular weight is 478 g/mol. The number of ketones is 1. The van der Waals surface area contributed by atoms with E-state index in [1.807, 2.05) is 12.1 Å². The number of rotatable bonds is 5. The molecule has 1 aliphatic carbocycles. The number of fused-ring (bicyclic) bond motifs is 1. The normalized spacial score (nSPS) is 19.0. The van der Waals surface area contributed by atoms with Gasteiger partial charge in [0.2, 0.25) is 0 Å². The molecule has 0 bridgehead atoms. The Morgan fingerprint density at radius 1 is 1.03 bits per heavy atom. The number of benzene rings is 2. The van der Waals surface area contributed by atoms with Gasteiger partial charge in [0.15, 0.2) is 17.3 Å². The monoisotopic (exact) mass is 478 g/mol. The van der Waals surface area contributed by atoms with Crippen LogP contribution >= 0.6 is 0 Å². The smallest absolute Gasteiger partial charge is 0.270 e. The van der Waals surface area contributed by atoms with Crippen molar-refractivity contribution in [1.29, 1.82) is 0 Å². The molecule has 2 atom stereocenters. The van der Waals surface area contributed by atoms with Crippen molar-refractivity contribution >= 4 is 17.3 Å². The van der Waals surface area contributed by atoms with Gasteiger partial charge in [-0.15, -0.1) is 0 Å². The largest absolute Gasteiger partial charge is 0.508 e. The lowest BCUT2D eigenvalue weighted by Gasteiger charge is -2.34. The predicted molar refractivity (Wildman–Crippen MR) is 125 cm³/mol. The molecule has 2 aliphatic rings. The van der Waals surface area contributed by atoms with Crippen LogP contribution in [0, 0.1) is 10.1 Å². The van der Waals surface area contributed by atoms with Gasteiger partial charge in [0.25, 0.3) is 11.2 Å². The van der Waals surface area contributed by atoms with Crippen LogP contribution < -0.4 is 20.3 Å². The fourth-order valence-electron chi connectivity index (χ4n) is 4.96. The highest BCUT2D eigenvalue weighted by atomic mass is 16.6. The summed E-state index contributed by atoms with van der Waals surface area (Å²) in [6, 6.07) is 9.07. The summed E-state index contributed by atoms with van der Waals surface area (Å²) in [5, 5.41) is 30.4. The summed E-state index contributed by atoms with van der Waals surface area (Å²) in [6.45, 7) is 0. The number of allylic oxidation sites excluding steroid dienone is 2. The van der Waals surface area contributed by atoms with E-state index in [1.165, 1.54) is 25.3 Å². The molecule has 5 rings (SSSR count). The number of hydrogen-bond donors (Lipinski definition) is 4. The van der Waals surface area contributed by atoms with Crippen LogP contribution in [0.2, 0.25) is 0 Å². The first-order chi connectivity index (χ1) is 16.8. The van der Waals surface area contributed by atoms with E-state index in [4.69, 9.17) is 9.47 Å². The van der Waals surface area contributed by atoms with E-state index in [9.17, 15) is 24.8 Å². The van der Waals surface area contributed by atoms with Gasteiger partial charge in [0, 0.05) is 35.4 Å². The molecular formula is C24H22N4O7. The fraction of sp³-hybridized carbons (Fsp3) is 0.250. The lowest BCUT2D eigenvalue weighted by Crippen LogP contribution is -2.31. The zero-order chi connectivity index (χ0) is 24.9. The number of aromatic amines is 2. The van der Waals surface area contributed by atoms with Crippen molar-refractivity contribution in [3.05, 3.63) is 84.8 Å². The number of ether oxygens (including phenoxy) is 2. The number of non-ortho nitro benzene ring substituents is 1. The summed E-state index contributed by atoms with van der Waals surface area (Å²) in [7, 11) is 3.08. The van der Waals surface area contributed by atoms with E-state index in [0.29, 0.717) is 35.0 Å². The summed E-state index contributed by atoms with van der Waals surface area (Å²) >= 11 is 0. The van der Waals surface area contributed by atoms with Crippen LogP contribution in [0.1, 0.15) is 41.4 Å². The number of hydrogen-bond acceptors (Lipinski definition) is 8.